The summed E-state index contributed by atoms with van der Waals surface area (Å²) in [5.74, 6) is -2.91. The van der Waals surface area contributed by atoms with Gasteiger partial charge in [-0.1, -0.05) is 25.1 Å². The number of benzene rings is 2. The van der Waals surface area contributed by atoms with Crippen LogP contribution in [0.4, 0.5) is 14.5 Å². The van der Waals surface area contributed by atoms with Crippen molar-refractivity contribution in [3.05, 3.63) is 59.7 Å². The Bertz CT molecular complexity index is 834. The highest BCUT2D eigenvalue weighted by Crippen LogP contribution is 2.23. The van der Waals surface area contributed by atoms with Crippen LogP contribution in [0.3, 0.4) is 0 Å². The molecule has 0 saturated carbocycles. The minimum absolute atomic E-state index is 0.0613. The maximum absolute atomic E-state index is 13.7. The third-order valence-electron chi connectivity index (χ3n) is 3.14. The summed E-state index contributed by atoms with van der Waals surface area (Å²) in [6.45, 7) is 2.29. The van der Waals surface area contributed by atoms with Crippen molar-refractivity contribution in [3.63, 3.8) is 0 Å². The second kappa shape index (κ2) is 7.39. The zero-order valence-corrected chi connectivity index (χ0v) is 13.7. The fourth-order valence-electron chi connectivity index (χ4n) is 2.04. The number of para-hydroxylation sites is 1. The summed E-state index contributed by atoms with van der Waals surface area (Å²) in [6, 6.07) is 8.58. The van der Waals surface area contributed by atoms with Crippen LogP contribution in [-0.2, 0) is 10.0 Å². The van der Waals surface area contributed by atoms with Crippen LogP contribution in [0, 0.1) is 11.6 Å². The predicted molar refractivity (Wildman–Crippen MR) is 86.2 cm³/mol. The molecule has 24 heavy (non-hydrogen) atoms. The quantitative estimate of drug-likeness (QED) is 0.838. The normalized spacial score (nSPS) is 11.1. The second-order valence-electron chi connectivity index (χ2n) is 4.96. The van der Waals surface area contributed by atoms with E-state index >= 15 is 0 Å². The summed E-state index contributed by atoms with van der Waals surface area (Å²) in [5, 5.41) is 2.62. The molecule has 2 rings (SSSR count). The predicted octanol–water partition coefficient (Wildman–Crippen LogP) is 2.91. The van der Waals surface area contributed by atoms with Gasteiger partial charge in [-0.25, -0.2) is 17.2 Å². The molecule has 0 atom stereocenters. The number of amides is 1. The van der Waals surface area contributed by atoms with E-state index < -0.39 is 32.5 Å². The van der Waals surface area contributed by atoms with Crippen molar-refractivity contribution in [2.75, 3.05) is 11.3 Å². The van der Waals surface area contributed by atoms with Gasteiger partial charge in [0.1, 0.15) is 11.6 Å². The van der Waals surface area contributed by atoms with Crippen LogP contribution in [0.5, 0.6) is 0 Å². The lowest BCUT2D eigenvalue weighted by Gasteiger charge is -2.13. The molecular weight excluding hydrogens is 338 g/mol. The summed E-state index contributed by atoms with van der Waals surface area (Å²) in [4.78, 5) is 11.0. The standard InChI is InChI=1S/C16H16F2N2O3S/c1-2-10-19-16(21)11-6-3-4-9-14(11)20-24(22,23)15-12(17)7-5-8-13(15)18/h3-9,20H,2,10H2,1H3,(H,19,21). The first-order valence-corrected chi connectivity index (χ1v) is 8.69. The molecular formula is C16H16F2N2O3S. The van der Waals surface area contributed by atoms with Gasteiger partial charge in [0.05, 0.1) is 11.3 Å². The van der Waals surface area contributed by atoms with Gasteiger partial charge in [-0.15, -0.1) is 0 Å². The number of sulfonamides is 1. The molecule has 2 N–H and O–H groups in total. The molecule has 0 aromatic heterocycles. The third-order valence-corrected chi connectivity index (χ3v) is 4.56. The lowest BCUT2D eigenvalue weighted by atomic mass is 10.1. The van der Waals surface area contributed by atoms with Gasteiger partial charge in [-0.05, 0) is 30.7 Å². The van der Waals surface area contributed by atoms with E-state index in [1.54, 1.807) is 6.07 Å². The Morgan fingerprint density at radius 3 is 2.29 bits per heavy atom. The fraction of sp³-hybridized carbons (Fsp3) is 0.188. The molecule has 0 aliphatic heterocycles. The molecule has 0 radical (unpaired) electrons. The maximum atomic E-state index is 13.7. The summed E-state index contributed by atoms with van der Waals surface area (Å²) < 4.78 is 54.2. The molecule has 0 fully saturated rings. The summed E-state index contributed by atoms with van der Waals surface area (Å²) in [7, 11) is -4.53. The van der Waals surface area contributed by atoms with Crippen LogP contribution in [0.1, 0.15) is 23.7 Å². The Balaban J connectivity index is 2.39. The molecule has 2 aromatic carbocycles. The van der Waals surface area contributed by atoms with Gasteiger partial charge in [-0.3, -0.25) is 9.52 Å². The molecule has 128 valence electrons. The Morgan fingerprint density at radius 2 is 1.67 bits per heavy atom. The number of carbonyl (C=O) groups is 1. The Hall–Kier alpha value is -2.48. The first-order chi connectivity index (χ1) is 11.4. The van der Waals surface area contributed by atoms with Crippen LogP contribution >= 0.6 is 0 Å². The van der Waals surface area contributed by atoms with Crippen molar-refractivity contribution in [1.82, 2.24) is 5.32 Å². The maximum Gasteiger partial charge on any atom is 0.267 e. The number of hydrogen-bond donors (Lipinski definition) is 2. The monoisotopic (exact) mass is 354 g/mol. The number of hydrogen-bond acceptors (Lipinski definition) is 3. The average molecular weight is 354 g/mol. The smallest absolute Gasteiger partial charge is 0.267 e. The summed E-state index contributed by atoms with van der Waals surface area (Å²) in [5.41, 5.74) is 0.0000265. The van der Waals surface area contributed by atoms with E-state index in [9.17, 15) is 22.0 Å². The Morgan fingerprint density at radius 1 is 1.04 bits per heavy atom. The molecule has 2 aromatic rings. The molecule has 0 bridgehead atoms. The van der Waals surface area contributed by atoms with Crippen LogP contribution < -0.4 is 10.0 Å². The largest absolute Gasteiger partial charge is 0.352 e. The van der Waals surface area contributed by atoms with Gasteiger partial charge in [-0.2, -0.15) is 0 Å². The molecule has 0 spiro atoms. The van der Waals surface area contributed by atoms with E-state index in [0.29, 0.717) is 13.0 Å². The van der Waals surface area contributed by atoms with Gasteiger partial charge in [0.2, 0.25) is 0 Å². The van der Waals surface area contributed by atoms with Crippen molar-refractivity contribution in [2.45, 2.75) is 18.2 Å². The minimum atomic E-state index is -4.53. The molecule has 0 aliphatic carbocycles. The molecule has 0 saturated heterocycles. The Labute approximate surface area is 138 Å². The molecule has 8 heteroatoms. The van der Waals surface area contributed by atoms with E-state index in [4.69, 9.17) is 0 Å². The van der Waals surface area contributed by atoms with Crippen LogP contribution in [0.25, 0.3) is 0 Å². The van der Waals surface area contributed by atoms with Crippen molar-refractivity contribution in [3.8, 4) is 0 Å². The lowest BCUT2D eigenvalue weighted by Crippen LogP contribution is -2.26. The number of anilines is 1. The van der Waals surface area contributed by atoms with Crippen LogP contribution in [-0.4, -0.2) is 20.9 Å². The third kappa shape index (κ3) is 3.88. The Kier molecular flexibility index (Phi) is 5.50. The number of halogens is 2. The van der Waals surface area contributed by atoms with Crippen molar-refractivity contribution in [2.24, 2.45) is 0 Å². The zero-order chi connectivity index (χ0) is 17.7. The average Bonchev–Trinajstić information content (AvgIpc) is 2.52. The molecule has 5 nitrogen and oxygen atoms in total. The van der Waals surface area contributed by atoms with Crippen LogP contribution in [0.15, 0.2) is 47.4 Å². The minimum Gasteiger partial charge on any atom is -0.352 e. The van der Waals surface area contributed by atoms with Gasteiger partial charge < -0.3 is 5.32 Å². The topological polar surface area (TPSA) is 75.3 Å². The number of carbonyl (C=O) groups excluding carboxylic acids is 1. The fourth-order valence-corrected chi connectivity index (χ4v) is 3.26. The van der Waals surface area contributed by atoms with Gasteiger partial charge in [0, 0.05) is 6.54 Å². The molecule has 0 aliphatic rings. The van der Waals surface area contributed by atoms with Crippen molar-refractivity contribution < 1.29 is 22.0 Å². The molecule has 0 unspecified atom stereocenters. The molecule has 1 amide bonds. The van der Waals surface area contributed by atoms with E-state index in [2.05, 4.69) is 10.0 Å². The number of rotatable bonds is 6. The lowest BCUT2D eigenvalue weighted by molar-refractivity contribution is 0.0954. The van der Waals surface area contributed by atoms with E-state index in [-0.39, 0.29) is 11.3 Å². The van der Waals surface area contributed by atoms with Gasteiger partial charge in [0.25, 0.3) is 15.9 Å². The first-order valence-electron chi connectivity index (χ1n) is 7.21. The van der Waals surface area contributed by atoms with E-state index in [1.165, 1.54) is 18.2 Å². The van der Waals surface area contributed by atoms with E-state index in [0.717, 1.165) is 18.2 Å². The zero-order valence-electron chi connectivity index (χ0n) is 12.8. The number of nitrogens with one attached hydrogen (secondary N) is 2. The summed E-state index contributed by atoms with van der Waals surface area (Å²) in [6.07, 6.45) is 0.708. The van der Waals surface area contributed by atoms with E-state index in [1.807, 2.05) is 6.92 Å². The SMILES string of the molecule is CCCNC(=O)c1ccccc1NS(=O)(=O)c1c(F)cccc1F. The highest BCUT2D eigenvalue weighted by Gasteiger charge is 2.25. The van der Waals surface area contributed by atoms with Crippen molar-refractivity contribution in [1.29, 1.82) is 0 Å². The van der Waals surface area contributed by atoms with Gasteiger partial charge in [0.15, 0.2) is 4.90 Å². The van der Waals surface area contributed by atoms with Crippen molar-refractivity contribution >= 4 is 21.6 Å². The first kappa shape index (κ1) is 17.9. The molecule has 0 heterocycles. The highest BCUT2D eigenvalue weighted by atomic mass is 32.2. The summed E-state index contributed by atoms with van der Waals surface area (Å²) >= 11 is 0. The highest BCUT2D eigenvalue weighted by molar-refractivity contribution is 7.92. The second-order valence-corrected chi connectivity index (χ2v) is 6.58. The van der Waals surface area contributed by atoms with Crippen LogP contribution in [0.2, 0.25) is 0 Å². The van der Waals surface area contributed by atoms with Gasteiger partial charge >= 0.3 is 0 Å².